The van der Waals surface area contributed by atoms with E-state index in [1.54, 1.807) is 35.7 Å². The summed E-state index contributed by atoms with van der Waals surface area (Å²) >= 11 is 1.13. The summed E-state index contributed by atoms with van der Waals surface area (Å²) in [5, 5.41) is 4.33. The lowest BCUT2D eigenvalue weighted by Crippen LogP contribution is -2.37. The quantitative estimate of drug-likeness (QED) is 0.767. The molecule has 0 aliphatic carbocycles. The van der Waals surface area contributed by atoms with Gasteiger partial charge in [-0.1, -0.05) is 6.07 Å². The molecular weight excluding hydrogens is 362 g/mol. The van der Waals surface area contributed by atoms with E-state index >= 15 is 0 Å². The second-order valence-electron chi connectivity index (χ2n) is 5.23. The maximum atomic E-state index is 12.1. The zero-order valence-electron chi connectivity index (χ0n) is 13.9. The van der Waals surface area contributed by atoms with Crippen LogP contribution in [0.25, 0.3) is 0 Å². The molecule has 7 nitrogen and oxygen atoms in total. The molecule has 0 unspecified atom stereocenters. The molecule has 0 saturated carbocycles. The number of rotatable bonds is 7. The fourth-order valence-corrected chi connectivity index (χ4v) is 4.23. The van der Waals surface area contributed by atoms with Crippen molar-refractivity contribution >= 4 is 44.5 Å². The van der Waals surface area contributed by atoms with Crippen molar-refractivity contribution in [3.63, 3.8) is 0 Å². The molecule has 0 radical (unpaired) electrons. The van der Waals surface area contributed by atoms with Gasteiger partial charge < -0.3 is 10.2 Å². The Hall–Kier alpha value is -2.23. The Bertz CT molecular complexity index is 831. The first-order chi connectivity index (χ1) is 11.8. The number of benzene rings is 1. The Kier molecular flexibility index (Phi) is 6.29. The zero-order chi connectivity index (χ0) is 18.4. The van der Waals surface area contributed by atoms with Crippen molar-refractivity contribution in [2.45, 2.75) is 18.1 Å². The second-order valence-corrected chi connectivity index (χ2v) is 8.17. The summed E-state index contributed by atoms with van der Waals surface area (Å²) in [7, 11) is -3.56. The van der Waals surface area contributed by atoms with E-state index in [4.69, 9.17) is 0 Å². The van der Waals surface area contributed by atoms with Crippen LogP contribution in [0.15, 0.2) is 46.0 Å². The van der Waals surface area contributed by atoms with E-state index in [0.29, 0.717) is 11.4 Å². The van der Waals surface area contributed by atoms with Crippen LogP contribution in [0.5, 0.6) is 0 Å². The highest BCUT2D eigenvalue weighted by atomic mass is 32.2. The van der Waals surface area contributed by atoms with Gasteiger partial charge in [0.25, 0.3) is 0 Å². The van der Waals surface area contributed by atoms with E-state index in [2.05, 4.69) is 10.0 Å². The van der Waals surface area contributed by atoms with Crippen LogP contribution in [-0.4, -0.2) is 33.3 Å². The average Bonchev–Trinajstić information content (AvgIpc) is 3.07. The predicted molar refractivity (Wildman–Crippen MR) is 98.3 cm³/mol. The highest BCUT2D eigenvalue weighted by Crippen LogP contribution is 2.19. The third kappa shape index (κ3) is 5.38. The molecule has 25 heavy (non-hydrogen) atoms. The van der Waals surface area contributed by atoms with Crippen molar-refractivity contribution in [1.82, 2.24) is 4.72 Å². The number of hydrogen-bond acceptors (Lipinski definition) is 5. The number of nitrogens with one attached hydrogen (secondary N) is 2. The van der Waals surface area contributed by atoms with Crippen LogP contribution in [0.3, 0.4) is 0 Å². The molecule has 9 heteroatoms. The highest BCUT2D eigenvalue weighted by molar-refractivity contribution is 7.91. The molecule has 2 aromatic rings. The van der Waals surface area contributed by atoms with Crippen LogP contribution < -0.4 is 14.9 Å². The molecule has 1 aromatic heterocycles. The topological polar surface area (TPSA) is 95.6 Å². The van der Waals surface area contributed by atoms with Crippen molar-refractivity contribution in [3.05, 3.63) is 41.8 Å². The van der Waals surface area contributed by atoms with Gasteiger partial charge in [0.05, 0.1) is 0 Å². The Morgan fingerprint density at radius 3 is 2.32 bits per heavy atom. The monoisotopic (exact) mass is 381 g/mol. The van der Waals surface area contributed by atoms with Crippen LogP contribution >= 0.6 is 11.3 Å². The van der Waals surface area contributed by atoms with Crippen LogP contribution in [0.4, 0.5) is 11.4 Å². The SMILES string of the molecule is CC(=O)Nc1ccc(N(CCNS(=O)(=O)c2cccs2)C(C)=O)cc1. The number of amides is 2. The maximum absolute atomic E-state index is 12.1. The lowest BCUT2D eigenvalue weighted by atomic mass is 10.2. The molecular formula is C16H19N3O4S2. The number of thiophene rings is 1. The number of nitrogens with zero attached hydrogens (tertiary/aromatic N) is 1. The number of anilines is 2. The summed E-state index contributed by atoms with van der Waals surface area (Å²) < 4.78 is 26.9. The molecule has 1 aromatic carbocycles. The van der Waals surface area contributed by atoms with Crippen molar-refractivity contribution < 1.29 is 18.0 Å². The van der Waals surface area contributed by atoms with Crippen molar-refractivity contribution in [1.29, 1.82) is 0 Å². The summed E-state index contributed by atoms with van der Waals surface area (Å²) in [6.45, 7) is 3.11. The molecule has 2 N–H and O–H groups in total. The first-order valence-electron chi connectivity index (χ1n) is 7.48. The van der Waals surface area contributed by atoms with Gasteiger partial charge in [-0.2, -0.15) is 0 Å². The Morgan fingerprint density at radius 1 is 1.12 bits per heavy atom. The summed E-state index contributed by atoms with van der Waals surface area (Å²) in [6, 6.07) is 9.94. The van der Waals surface area contributed by atoms with Gasteiger partial charge >= 0.3 is 0 Å². The fourth-order valence-electron chi connectivity index (χ4n) is 2.18. The van der Waals surface area contributed by atoms with Gasteiger partial charge in [-0.15, -0.1) is 11.3 Å². The molecule has 2 amide bonds. The molecule has 2 rings (SSSR count). The number of sulfonamides is 1. The molecule has 1 heterocycles. The molecule has 0 atom stereocenters. The standard InChI is InChI=1S/C16H19N3O4S2/c1-12(20)18-14-5-7-15(8-6-14)19(13(2)21)10-9-17-25(22,23)16-4-3-11-24-16/h3-8,11,17H,9-10H2,1-2H3,(H,18,20). The summed E-state index contributed by atoms with van der Waals surface area (Å²) in [5.74, 6) is -0.387. The maximum Gasteiger partial charge on any atom is 0.250 e. The Morgan fingerprint density at radius 2 is 1.80 bits per heavy atom. The minimum absolute atomic E-state index is 0.0905. The van der Waals surface area contributed by atoms with E-state index < -0.39 is 10.0 Å². The first-order valence-corrected chi connectivity index (χ1v) is 9.85. The van der Waals surface area contributed by atoms with Gasteiger partial charge in [0.2, 0.25) is 21.8 Å². The third-order valence-corrected chi connectivity index (χ3v) is 6.13. The van der Waals surface area contributed by atoms with Crippen molar-refractivity contribution in [2.24, 2.45) is 0 Å². The van der Waals surface area contributed by atoms with Gasteiger partial charge in [-0.05, 0) is 35.7 Å². The smallest absolute Gasteiger partial charge is 0.250 e. The Labute approximate surface area is 150 Å². The molecule has 0 spiro atoms. The lowest BCUT2D eigenvalue weighted by molar-refractivity contribution is -0.116. The van der Waals surface area contributed by atoms with Gasteiger partial charge in [0.1, 0.15) is 4.21 Å². The average molecular weight is 381 g/mol. The van der Waals surface area contributed by atoms with Crippen LogP contribution in [0.2, 0.25) is 0 Å². The van der Waals surface area contributed by atoms with Crippen LogP contribution in [0, 0.1) is 0 Å². The third-order valence-electron chi connectivity index (χ3n) is 3.27. The molecule has 0 fully saturated rings. The molecule has 0 bridgehead atoms. The number of carbonyl (C=O) groups is 2. The molecule has 0 aliphatic rings. The van der Waals surface area contributed by atoms with Gasteiger partial charge in [-0.25, -0.2) is 13.1 Å². The van der Waals surface area contributed by atoms with Crippen molar-refractivity contribution in [3.8, 4) is 0 Å². The van der Waals surface area contributed by atoms with E-state index in [-0.39, 0.29) is 29.1 Å². The molecule has 0 saturated heterocycles. The van der Waals surface area contributed by atoms with Gasteiger partial charge in [-0.3, -0.25) is 9.59 Å². The predicted octanol–water partition coefficient (Wildman–Crippen LogP) is 2.04. The van der Waals surface area contributed by atoms with Gasteiger partial charge in [0, 0.05) is 38.3 Å². The summed E-state index contributed by atoms with van der Waals surface area (Å²) in [4.78, 5) is 24.4. The first kappa shape index (κ1) is 19.1. The molecule has 0 aliphatic heterocycles. The number of carbonyl (C=O) groups excluding carboxylic acids is 2. The second kappa shape index (κ2) is 8.24. The van der Waals surface area contributed by atoms with Crippen LogP contribution in [0.1, 0.15) is 13.8 Å². The minimum atomic E-state index is -3.56. The van der Waals surface area contributed by atoms with E-state index in [1.807, 2.05) is 0 Å². The van der Waals surface area contributed by atoms with Gasteiger partial charge in [0.15, 0.2) is 0 Å². The number of hydrogen-bond donors (Lipinski definition) is 2. The zero-order valence-corrected chi connectivity index (χ0v) is 15.5. The van der Waals surface area contributed by atoms with Crippen LogP contribution in [-0.2, 0) is 19.6 Å². The Balaban J connectivity index is 2.01. The highest BCUT2D eigenvalue weighted by Gasteiger charge is 2.16. The minimum Gasteiger partial charge on any atom is -0.326 e. The molecule has 134 valence electrons. The normalized spacial score (nSPS) is 11.1. The summed E-state index contributed by atoms with van der Waals surface area (Å²) in [5.41, 5.74) is 1.25. The summed E-state index contributed by atoms with van der Waals surface area (Å²) in [6.07, 6.45) is 0. The fraction of sp³-hybridized carbons (Fsp3) is 0.250. The van der Waals surface area contributed by atoms with Crippen molar-refractivity contribution in [2.75, 3.05) is 23.3 Å². The van der Waals surface area contributed by atoms with E-state index in [1.165, 1.54) is 24.8 Å². The lowest BCUT2D eigenvalue weighted by Gasteiger charge is -2.21. The van der Waals surface area contributed by atoms with E-state index in [9.17, 15) is 18.0 Å². The largest absolute Gasteiger partial charge is 0.326 e. The van der Waals surface area contributed by atoms with E-state index in [0.717, 1.165) is 11.3 Å².